The van der Waals surface area contributed by atoms with E-state index in [0.29, 0.717) is 47.6 Å². The van der Waals surface area contributed by atoms with E-state index in [1.54, 1.807) is 37.4 Å². The van der Waals surface area contributed by atoms with E-state index in [4.69, 9.17) is 9.72 Å². The molecule has 0 radical (unpaired) electrons. The average molecular weight is 562 g/mol. The number of aromatic nitrogens is 2. The topological polar surface area (TPSA) is 103 Å². The van der Waals surface area contributed by atoms with Gasteiger partial charge in [0.2, 0.25) is 11.9 Å². The van der Waals surface area contributed by atoms with Crippen molar-refractivity contribution in [3.05, 3.63) is 42.6 Å². The molecule has 0 spiro atoms. The number of allylic oxidation sites excluding steroid dienone is 1. The first kappa shape index (κ1) is 28.9. The summed E-state index contributed by atoms with van der Waals surface area (Å²) >= 11 is 0. The van der Waals surface area contributed by atoms with Gasteiger partial charge in [0.05, 0.1) is 24.4 Å². The van der Waals surface area contributed by atoms with Crippen molar-refractivity contribution in [3.8, 4) is 5.75 Å². The van der Waals surface area contributed by atoms with Crippen LogP contribution in [0.3, 0.4) is 0 Å². The van der Waals surface area contributed by atoms with Gasteiger partial charge in [0.15, 0.2) is 5.82 Å². The van der Waals surface area contributed by atoms with Crippen LogP contribution in [0.5, 0.6) is 5.75 Å². The lowest BCUT2D eigenvalue weighted by Gasteiger charge is -2.35. The molecular weight excluding hydrogens is 518 g/mol. The number of carbonyl (C=O) groups is 2. The van der Waals surface area contributed by atoms with Crippen molar-refractivity contribution in [2.75, 3.05) is 56.0 Å². The number of piperidine rings is 1. The van der Waals surface area contributed by atoms with Crippen LogP contribution < -0.4 is 25.2 Å². The Morgan fingerprint density at radius 1 is 1.20 bits per heavy atom. The van der Waals surface area contributed by atoms with Crippen LogP contribution in [0.15, 0.2) is 37.1 Å². The average Bonchev–Trinajstić information content (AvgIpc) is 3.49. The molecule has 0 unspecified atom stereocenters. The van der Waals surface area contributed by atoms with E-state index < -0.39 is 5.41 Å². The molecular formula is C31H43N7O3. The van der Waals surface area contributed by atoms with Crippen molar-refractivity contribution in [3.63, 3.8) is 0 Å². The Labute approximate surface area is 243 Å². The van der Waals surface area contributed by atoms with E-state index in [1.807, 2.05) is 19.1 Å². The van der Waals surface area contributed by atoms with Crippen LogP contribution in [-0.2, 0) is 4.79 Å². The highest BCUT2D eigenvalue weighted by atomic mass is 16.5. The van der Waals surface area contributed by atoms with Gasteiger partial charge in [-0.3, -0.25) is 9.59 Å². The van der Waals surface area contributed by atoms with Crippen molar-refractivity contribution in [2.24, 2.45) is 5.41 Å². The third-order valence-electron chi connectivity index (χ3n) is 8.85. The number of ether oxygens (including phenoxy) is 1. The molecule has 41 heavy (non-hydrogen) atoms. The first-order valence-corrected chi connectivity index (χ1v) is 14.7. The fourth-order valence-electron chi connectivity index (χ4n) is 6.37. The third-order valence-corrected chi connectivity index (χ3v) is 8.85. The van der Waals surface area contributed by atoms with Crippen LogP contribution in [0.25, 0.3) is 0 Å². The van der Waals surface area contributed by atoms with E-state index in [-0.39, 0.29) is 17.9 Å². The Hall–Kier alpha value is -3.66. The summed E-state index contributed by atoms with van der Waals surface area (Å²) in [5.41, 5.74) is 1.29. The normalized spacial score (nSPS) is 22.3. The molecule has 220 valence electrons. The van der Waals surface area contributed by atoms with Gasteiger partial charge in [-0.1, -0.05) is 18.9 Å². The molecule has 10 heteroatoms. The Morgan fingerprint density at radius 3 is 2.61 bits per heavy atom. The zero-order valence-electron chi connectivity index (χ0n) is 24.8. The molecule has 1 saturated heterocycles. The number of benzene rings is 1. The number of amides is 2. The number of methoxy groups -OCH3 is 1. The molecule has 3 aliphatic rings. The molecule has 10 nitrogen and oxygen atoms in total. The van der Waals surface area contributed by atoms with Gasteiger partial charge in [0, 0.05) is 31.2 Å². The molecule has 2 amide bonds. The standard InChI is InChI=1S/C31H43N7O3/c1-6-15-31(2)20-38(23-9-7-8-10-23)27-25(37(4)29(31)40)19-32-30(35-27)34-24-12-11-21(18-26(24)41-5)28(39)33-22-13-16-36(3)17-14-22/h6,11-12,18-19,22-23H,1,7-10,13-17,20H2,2-5H3,(H,33,39)(H,32,34,35)/t31-/m1/s1. The van der Waals surface area contributed by atoms with Crippen molar-refractivity contribution in [2.45, 2.75) is 64.0 Å². The summed E-state index contributed by atoms with van der Waals surface area (Å²) in [7, 11) is 5.49. The first-order chi connectivity index (χ1) is 19.7. The van der Waals surface area contributed by atoms with E-state index in [0.717, 1.165) is 44.6 Å². The van der Waals surface area contributed by atoms with Gasteiger partial charge in [-0.2, -0.15) is 4.98 Å². The molecule has 1 aromatic heterocycles. The second-order valence-electron chi connectivity index (χ2n) is 12.0. The van der Waals surface area contributed by atoms with Gasteiger partial charge >= 0.3 is 0 Å². The van der Waals surface area contributed by atoms with Gasteiger partial charge in [0.25, 0.3) is 5.91 Å². The fraction of sp³-hybridized carbons (Fsp3) is 0.548. The molecule has 1 saturated carbocycles. The quantitative estimate of drug-likeness (QED) is 0.459. The highest BCUT2D eigenvalue weighted by molar-refractivity contribution is 6.01. The summed E-state index contributed by atoms with van der Waals surface area (Å²) in [5.74, 6) is 1.62. The number of hydrogen-bond acceptors (Lipinski definition) is 8. The van der Waals surface area contributed by atoms with E-state index >= 15 is 0 Å². The summed E-state index contributed by atoms with van der Waals surface area (Å²) in [6.45, 7) is 8.47. The third kappa shape index (κ3) is 6.02. The summed E-state index contributed by atoms with van der Waals surface area (Å²) in [6, 6.07) is 5.85. The smallest absolute Gasteiger partial charge is 0.251 e. The molecule has 2 aliphatic heterocycles. The summed E-state index contributed by atoms with van der Waals surface area (Å²) in [4.78, 5) is 42.4. The monoisotopic (exact) mass is 561 g/mol. The molecule has 3 heterocycles. The lowest BCUT2D eigenvalue weighted by molar-refractivity contribution is -0.126. The van der Waals surface area contributed by atoms with Crippen LogP contribution in [-0.4, -0.2) is 79.6 Å². The molecule has 2 fully saturated rings. The molecule has 2 aromatic rings. The predicted molar refractivity (Wildman–Crippen MR) is 162 cm³/mol. The molecule has 1 aliphatic carbocycles. The SMILES string of the molecule is C=CC[C@]1(C)CN(C2CCCC2)c2nc(Nc3ccc(C(=O)NC4CCN(C)CC4)cc3OC)ncc2N(C)C1=O. The minimum absolute atomic E-state index is 0.0410. The number of fused-ring (bicyclic) bond motifs is 1. The fourth-order valence-corrected chi connectivity index (χ4v) is 6.37. The zero-order chi connectivity index (χ0) is 29.1. The van der Waals surface area contributed by atoms with Crippen LogP contribution in [0.1, 0.15) is 62.2 Å². The van der Waals surface area contributed by atoms with Gasteiger partial charge < -0.3 is 30.1 Å². The van der Waals surface area contributed by atoms with Crippen molar-refractivity contribution < 1.29 is 14.3 Å². The van der Waals surface area contributed by atoms with Crippen LogP contribution >= 0.6 is 0 Å². The number of likely N-dealkylation sites (tertiary alicyclic amines) is 1. The summed E-state index contributed by atoms with van der Waals surface area (Å²) in [5, 5.41) is 6.46. The lowest BCUT2D eigenvalue weighted by atomic mass is 9.84. The second kappa shape index (κ2) is 12.1. The zero-order valence-corrected chi connectivity index (χ0v) is 24.8. The summed E-state index contributed by atoms with van der Waals surface area (Å²) < 4.78 is 5.66. The lowest BCUT2D eigenvalue weighted by Crippen LogP contribution is -2.46. The van der Waals surface area contributed by atoms with E-state index in [2.05, 4.69) is 39.0 Å². The number of nitrogens with one attached hydrogen (secondary N) is 2. The highest BCUT2D eigenvalue weighted by Crippen LogP contribution is 2.42. The van der Waals surface area contributed by atoms with E-state index in [9.17, 15) is 9.59 Å². The van der Waals surface area contributed by atoms with Gasteiger partial charge in [-0.05, 0) is 77.4 Å². The maximum absolute atomic E-state index is 13.6. The molecule has 1 aromatic carbocycles. The second-order valence-corrected chi connectivity index (χ2v) is 12.0. The van der Waals surface area contributed by atoms with E-state index in [1.165, 1.54) is 12.8 Å². The van der Waals surface area contributed by atoms with Gasteiger partial charge in [-0.25, -0.2) is 4.98 Å². The number of nitrogens with zero attached hydrogens (tertiary/aromatic N) is 5. The van der Waals surface area contributed by atoms with Crippen LogP contribution in [0.2, 0.25) is 0 Å². The van der Waals surface area contributed by atoms with Gasteiger partial charge in [0.1, 0.15) is 11.4 Å². The van der Waals surface area contributed by atoms with Crippen LogP contribution in [0, 0.1) is 5.41 Å². The Balaban J connectivity index is 1.40. The minimum Gasteiger partial charge on any atom is -0.495 e. The summed E-state index contributed by atoms with van der Waals surface area (Å²) in [6.07, 6.45) is 10.5. The van der Waals surface area contributed by atoms with Crippen molar-refractivity contribution in [1.29, 1.82) is 0 Å². The number of hydrogen-bond donors (Lipinski definition) is 2. The maximum Gasteiger partial charge on any atom is 0.251 e. The predicted octanol–water partition coefficient (Wildman–Crippen LogP) is 4.36. The molecule has 0 bridgehead atoms. The van der Waals surface area contributed by atoms with Gasteiger partial charge in [-0.15, -0.1) is 6.58 Å². The highest BCUT2D eigenvalue weighted by Gasteiger charge is 2.43. The van der Waals surface area contributed by atoms with Crippen LogP contribution in [0.4, 0.5) is 23.1 Å². The van der Waals surface area contributed by atoms with Crippen molar-refractivity contribution >= 4 is 35.0 Å². The number of anilines is 4. The molecule has 1 atom stereocenters. The number of rotatable bonds is 8. The Bertz CT molecular complexity index is 1290. The Morgan fingerprint density at radius 2 is 1.93 bits per heavy atom. The number of carbonyl (C=O) groups excluding carboxylic acids is 2. The maximum atomic E-state index is 13.6. The Kier molecular flexibility index (Phi) is 8.49. The largest absolute Gasteiger partial charge is 0.495 e. The van der Waals surface area contributed by atoms with Crippen molar-refractivity contribution in [1.82, 2.24) is 20.2 Å². The molecule has 2 N–H and O–H groups in total. The molecule has 5 rings (SSSR count). The first-order valence-electron chi connectivity index (χ1n) is 14.7. The minimum atomic E-state index is -0.611.